The van der Waals surface area contributed by atoms with Crippen molar-refractivity contribution in [1.82, 2.24) is 15.1 Å². The second-order valence-corrected chi connectivity index (χ2v) is 6.49. The van der Waals surface area contributed by atoms with E-state index in [2.05, 4.69) is 5.32 Å². The maximum Gasteiger partial charge on any atom is 0.242 e. The molecule has 7 heteroatoms. The van der Waals surface area contributed by atoms with Gasteiger partial charge in [0.05, 0.1) is 19.4 Å². The predicted molar refractivity (Wildman–Crippen MR) is 86.8 cm³/mol. The fourth-order valence-corrected chi connectivity index (χ4v) is 3.52. The van der Waals surface area contributed by atoms with Crippen LogP contribution in [0.4, 0.5) is 0 Å². The van der Waals surface area contributed by atoms with Crippen LogP contribution in [-0.2, 0) is 16.1 Å². The minimum absolute atomic E-state index is 0.0299. The van der Waals surface area contributed by atoms with Gasteiger partial charge in [0.25, 0.3) is 0 Å². The maximum absolute atomic E-state index is 12.5. The van der Waals surface area contributed by atoms with Gasteiger partial charge in [-0.1, -0.05) is 6.07 Å². The number of furan rings is 1. The molecule has 1 aliphatic rings. The quantitative estimate of drug-likeness (QED) is 0.900. The zero-order valence-corrected chi connectivity index (χ0v) is 13.7. The molecular weight excluding hydrogens is 314 g/mol. The van der Waals surface area contributed by atoms with Crippen molar-refractivity contribution in [3.8, 4) is 0 Å². The number of nitrogens with one attached hydrogen (secondary N) is 1. The van der Waals surface area contributed by atoms with Crippen LogP contribution in [0.5, 0.6) is 0 Å². The molecule has 0 unspecified atom stereocenters. The van der Waals surface area contributed by atoms with Crippen LogP contribution < -0.4 is 5.32 Å². The molecule has 2 amide bonds. The third-order valence-electron chi connectivity index (χ3n) is 3.86. The van der Waals surface area contributed by atoms with E-state index in [0.717, 1.165) is 10.6 Å². The maximum atomic E-state index is 12.5. The van der Waals surface area contributed by atoms with Gasteiger partial charge in [-0.15, -0.1) is 11.3 Å². The summed E-state index contributed by atoms with van der Waals surface area (Å²) in [7, 11) is 1.75. The number of rotatable bonds is 5. The number of likely N-dealkylation sites (N-methyl/N-ethyl adjacent to an activating group) is 1. The number of amides is 2. The first-order chi connectivity index (χ1) is 11.1. The first-order valence-electron chi connectivity index (χ1n) is 7.46. The highest BCUT2D eigenvalue weighted by Crippen LogP contribution is 2.27. The van der Waals surface area contributed by atoms with E-state index in [-0.39, 0.29) is 24.4 Å². The van der Waals surface area contributed by atoms with E-state index in [1.807, 2.05) is 28.5 Å². The molecule has 3 rings (SSSR count). The first-order valence-corrected chi connectivity index (χ1v) is 8.34. The van der Waals surface area contributed by atoms with Gasteiger partial charge in [-0.2, -0.15) is 0 Å². The molecule has 1 fully saturated rings. The average Bonchev–Trinajstić information content (AvgIpc) is 3.20. The normalized spacial score (nSPS) is 18.7. The molecule has 0 spiro atoms. The summed E-state index contributed by atoms with van der Waals surface area (Å²) in [5.41, 5.74) is 0. The van der Waals surface area contributed by atoms with Crippen molar-refractivity contribution in [3.05, 3.63) is 46.5 Å². The van der Waals surface area contributed by atoms with Gasteiger partial charge in [0.15, 0.2) is 0 Å². The Morgan fingerprint density at radius 3 is 3.04 bits per heavy atom. The largest absolute Gasteiger partial charge is 0.467 e. The molecule has 122 valence electrons. The van der Waals surface area contributed by atoms with Crippen LogP contribution in [0.2, 0.25) is 0 Å². The second kappa shape index (κ2) is 6.97. The van der Waals surface area contributed by atoms with Crippen LogP contribution in [0, 0.1) is 0 Å². The van der Waals surface area contributed by atoms with Gasteiger partial charge in [0.2, 0.25) is 11.8 Å². The molecule has 1 N–H and O–H groups in total. The fourth-order valence-electron chi connectivity index (χ4n) is 2.66. The Morgan fingerprint density at radius 2 is 2.35 bits per heavy atom. The lowest BCUT2D eigenvalue weighted by Gasteiger charge is -2.34. The molecule has 0 saturated carbocycles. The van der Waals surface area contributed by atoms with Gasteiger partial charge >= 0.3 is 0 Å². The molecular formula is C16H19N3O3S. The summed E-state index contributed by atoms with van der Waals surface area (Å²) < 4.78 is 5.27. The molecule has 3 heterocycles. The zero-order chi connectivity index (χ0) is 16.2. The summed E-state index contributed by atoms with van der Waals surface area (Å²) in [4.78, 5) is 29.2. The van der Waals surface area contributed by atoms with E-state index in [1.165, 1.54) is 11.3 Å². The Labute approximate surface area is 138 Å². The van der Waals surface area contributed by atoms with Crippen molar-refractivity contribution in [2.24, 2.45) is 0 Å². The third-order valence-corrected chi connectivity index (χ3v) is 4.79. The highest BCUT2D eigenvalue weighted by atomic mass is 32.1. The molecule has 2 aromatic heterocycles. The minimum atomic E-state index is -0.385. The Kier molecular flexibility index (Phi) is 4.78. The number of thiophene rings is 1. The van der Waals surface area contributed by atoms with Crippen molar-refractivity contribution < 1.29 is 14.0 Å². The lowest BCUT2D eigenvalue weighted by Crippen LogP contribution is -2.52. The van der Waals surface area contributed by atoms with E-state index in [1.54, 1.807) is 24.3 Å². The smallest absolute Gasteiger partial charge is 0.242 e. The topological polar surface area (TPSA) is 65.8 Å². The fraction of sp³-hybridized carbons (Fsp3) is 0.375. The van der Waals surface area contributed by atoms with E-state index < -0.39 is 0 Å². The van der Waals surface area contributed by atoms with Crippen LogP contribution in [0.1, 0.15) is 16.7 Å². The van der Waals surface area contributed by atoms with Gasteiger partial charge in [-0.3, -0.25) is 14.5 Å². The van der Waals surface area contributed by atoms with Crippen LogP contribution in [0.25, 0.3) is 0 Å². The third kappa shape index (κ3) is 3.62. The van der Waals surface area contributed by atoms with Gasteiger partial charge in [-0.25, -0.2) is 0 Å². The molecule has 1 atom stereocenters. The number of carbonyl (C=O) groups is 2. The molecule has 0 radical (unpaired) electrons. The lowest BCUT2D eigenvalue weighted by molar-refractivity contribution is -0.136. The van der Waals surface area contributed by atoms with E-state index in [0.29, 0.717) is 19.6 Å². The number of carbonyl (C=O) groups excluding carboxylic acids is 2. The zero-order valence-electron chi connectivity index (χ0n) is 12.9. The Bertz CT molecular complexity index is 654. The van der Waals surface area contributed by atoms with Crippen LogP contribution in [0.3, 0.4) is 0 Å². The SMILES string of the molecule is CN(Cc1ccco1)C(=O)CN1CCNC(=O)[C@@H]1c1cccs1. The summed E-state index contributed by atoms with van der Waals surface area (Å²) in [6, 6.07) is 7.11. The minimum Gasteiger partial charge on any atom is -0.467 e. The number of nitrogens with zero attached hydrogens (tertiary/aromatic N) is 2. The summed E-state index contributed by atoms with van der Waals surface area (Å²) in [6.45, 7) is 1.87. The van der Waals surface area contributed by atoms with Crippen LogP contribution in [-0.4, -0.2) is 48.3 Å². The summed E-state index contributed by atoms with van der Waals surface area (Å²) in [6.07, 6.45) is 1.59. The van der Waals surface area contributed by atoms with Crippen LogP contribution >= 0.6 is 11.3 Å². The molecule has 1 saturated heterocycles. The highest BCUT2D eigenvalue weighted by molar-refractivity contribution is 7.10. The molecule has 2 aromatic rings. The average molecular weight is 333 g/mol. The summed E-state index contributed by atoms with van der Waals surface area (Å²) >= 11 is 1.53. The molecule has 0 aliphatic carbocycles. The van der Waals surface area contributed by atoms with Crippen molar-refractivity contribution in [2.75, 3.05) is 26.7 Å². The lowest BCUT2D eigenvalue weighted by atomic mass is 10.1. The number of hydrogen-bond acceptors (Lipinski definition) is 5. The molecule has 0 bridgehead atoms. The van der Waals surface area contributed by atoms with Crippen LogP contribution in [0.15, 0.2) is 40.3 Å². The van der Waals surface area contributed by atoms with Crippen molar-refractivity contribution in [1.29, 1.82) is 0 Å². The standard InChI is InChI=1S/C16H19N3O3S/c1-18(10-12-4-2-8-22-12)14(20)11-19-7-6-17-16(21)15(19)13-5-3-9-23-13/h2-5,8-9,15H,6-7,10-11H2,1H3,(H,17,21)/t15-/m0/s1. The molecule has 6 nitrogen and oxygen atoms in total. The first kappa shape index (κ1) is 15.8. The monoisotopic (exact) mass is 333 g/mol. The molecule has 23 heavy (non-hydrogen) atoms. The molecule has 0 aromatic carbocycles. The van der Waals surface area contributed by atoms with E-state index in [4.69, 9.17) is 4.42 Å². The van der Waals surface area contributed by atoms with Gasteiger partial charge in [-0.05, 0) is 23.6 Å². The predicted octanol–water partition coefficient (Wildman–Crippen LogP) is 1.47. The van der Waals surface area contributed by atoms with E-state index >= 15 is 0 Å². The van der Waals surface area contributed by atoms with Crippen molar-refractivity contribution >= 4 is 23.2 Å². The van der Waals surface area contributed by atoms with E-state index in [9.17, 15) is 9.59 Å². The second-order valence-electron chi connectivity index (χ2n) is 5.51. The summed E-state index contributed by atoms with van der Waals surface area (Å²) in [5, 5.41) is 4.82. The highest BCUT2D eigenvalue weighted by Gasteiger charge is 2.33. The Balaban J connectivity index is 1.67. The van der Waals surface area contributed by atoms with Gasteiger partial charge in [0.1, 0.15) is 11.8 Å². The Morgan fingerprint density at radius 1 is 1.48 bits per heavy atom. The number of piperazine rings is 1. The van der Waals surface area contributed by atoms with Gasteiger partial charge in [0, 0.05) is 25.0 Å². The Hall–Kier alpha value is -2.12. The van der Waals surface area contributed by atoms with Crippen molar-refractivity contribution in [2.45, 2.75) is 12.6 Å². The number of hydrogen-bond donors (Lipinski definition) is 1. The van der Waals surface area contributed by atoms with Crippen molar-refractivity contribution in [3.63, 3.8) is 0 Å². The van der Waals surface area contributed by atoms with Gasteiger partial charge < -0.3 is 14.6 Å². The molecule has 1 aliphatic heterocycles. The summed E-state index contributed by atoms with van der Waals surface area (Å²) in [5.74, 6) is 0.671.